The van der Waals surface area contributed by atoms with Gasteiger partial charge >= 0.3 is 0 Å². The second-order valence-electron chi connectivity index (χ2n) is 5.70. The number of benzene rings is 2. The van der Waals surface area contributed by atoms with Crippen LogP contribution in [0.2, 0.25) is 0 Å². The van der Waals surface area contributed by atoms with Gasteiger partial charge in [0.15, 0.2) is 11.6 Å². The fraction of sp³-hybridized carbons (Fsp3) is 0.105. The van der Waals surface area contributed by atoms with E-state index in [1.165, 1.54) is 0 Å². The van der Waals surface area contributed by atoms with Crippen molar-refractivity contribution in [3.8, 4) is 17.1 Å². The van der Waals surface area contributed by atoms with Crippen molar-refractivity contribution in [1.82, 2.24) is 20.2 Å². The molecule has 0 aliphatic heterocycles. The molecule has 4 rings (SSSR count). The van der Waals surface area contributed by atoms with Crippen molar-refractivity contribution >= 4 is 22.5 Å². The van der Waals surface area contributed by atoms with Crippen molar-refractivity contribution in [2.75, 3.05) is 12.4 Å². The van der Waals surface area contributed by atoms with Crippen LogP contribution in [-0.4, -0.2) is 27.3 Å². The van der Waals surface area contributed by atoms with Crippen LogP contribution in [0, 0.1) is 6.92 Å². The number of rotatable bonds is 4. The third kappa shape index (κ3) is 3.01. The molecule has 0 radical (unpaired) electrons. The minimum Gasteiger partial charge on any atom is -0.497 e. The molecule has 6 heteroatoms. The molecule has 2 N–H and O–H groups in total. The first-order valence-electron chi connectivity index (χ1n) is 7.93. The number of fused-ring (bicyclic) bond motifs is 1. The van der Waals surface area contributed by atoms with Crippen LogP contribution in [0.25, 0.3) is 22.3 Å². The fourth-order valence-corrected chi connectivity index (χ4v) is 2.64. The van der Waals surface area contributed by atoms with Gasteiger partial charge < -0.3 is 10.1 Å². The molecular formula is C19H17N5O. The lowest BCUT2D eigenvalue weighted by Gasteiger charge is -2.09. The molecule has 2 aromatic heterocycles. The maximum atomic E-state index is 5.22. The van der Waals surface area contributed by atoms with Crippen molar-refractivity contribution in [2.24, 2.45) is 0 Å². The zero-order valence-electron chi connectivity index (χ0n) is 13.9. The number of methoxy groups -OCH3 is 1. The predicted molar refractivity (Wildman–Crippen MR) is 98.1 cm³/mol. The summed E-state index contributed by atoms with van der Waals surface area (Å²) in [5.74, 6) is 2.90. The summed E-state index contributed by atoms with van der Waals surface area (Å²) in [6.45, 7) is 1.96. The van der Waals surface area contributed by atoms with Gasteiger partial charge in [0.1, 0.15) is 11.6 Å². The molecule has 0 saturated carbocycles. The Hall–Kier alpha value is -3.41. The molecule has 2 heterocycles. The second kappa shape index (κ2) is 6.24. The molecular weight excluding hydrogens is 314 g/mol. The highest BCUT2D eigenvalue weighted by molar-refractivity contribution is 5.91. The van der Waals surface area contributed by atoms with Crippen LogP contribution in [0.15, 0.2) is 54.6 Å². The summed E-state index contributed by atoms with van der Waals surface area (Å²) < 4.78 is 5.22. The summed E-state index contributed by atoms with van der Waals surface area (Å²) >= 11 is 0. The van der Waals surface area contributed by atoms with Gasteiger partial charge in [-0.1, -0.05) is 12.1 Å². The predicted octanol–water partition coefficient (Wildman–Crippen LogP) is 4.08. The standard InChI is InChI=1S/C19H17N5O/c1-12-11-17(24-23-12)21-19-15-5-3-4-6-16(15)20-18(22-19)13-7-9-14(25-2)10-8-13/h3-11H,1-2H3,(H2,20,21,22,23,24). The number of nitrogens with one attached hydrogen (secondary N) is 2. The maximum absolute atomic E-state index is 5.22. The van der Waals surface area contributed by atoms with Crippen LogP contribution in [0.5, 0.6) is 5.75 Å². The highest BCUT2D eigenvalue weighted by Crippen LogP contribution is 2.27. The van der Waals surface area contributed by atoms with Gasteiger partial charge in [-0.3, -0.25) is 5.10 Å². The zero-order valence-corrected chi connectivity index (χ0v) is 13.9. The molecule has 0 unspecified atom stereocenters. The van der Waals surface area contributed by atoms with E-state index in [9.17, 15) is 0 Å². The highest BCUT2D eigenvalue weighted by atomic mass is 16.5. The molecule has 2 aromatic carbocycles. The normalized spacial score (nSPS) is 10.8. The van der Waals surface area contributed by atoms with Crippen molar-refractivity contribution in [3.05, 3.63) is 60.3 Å². The van der Waals surface area contributed by atoms with Crippen LogP contribution in [0.3, 0.4) is 0 Å². The summed E-state index contributed by atoms with van der Waals surface area (Å²) in [6, 6.07) is 17.5. The molecule has 0 aliphatic rings. The highest BCUT2D eigenvalue weighted by Gasteiger charge is 2.10. The SMILES string of the molecule is COc1ccc(-c2nc(Nc3cc(C)[nH]n3)c3ccccc3n2)cc1. The lowest BCUT2D eigenvalue weighted by atomic mass is 10.1. The minimum absolute atomic E-state index is 0.649. The molecule has 0 atom stereocenters. The summed E-state index contributed by atoms with van der Waals surface area (Å²) in [6.07, 6.45) is 0. The van der Waals surface area contributed by atoms with E-state index in [1.54, 1.807) is 7.11 Å². The lowest BCUT2D eigenvalue weighted by Crippen LogP contribution is -1.99. The first-order chi connectivity index (χ1) is 12.2. The third-order valence-corrected chi connectivity index (χ3v) is 3.90. The molecule has 0 spiro atoms. The molecule has 124 valence electrons. The van der Waals surface area contributed by atoms with Gasteiger partial charge in [0, 0.05) is 22.7 Å². The smallest absolute Gasteiger partial charge is 0.162 e. The monoisotopic (exact) mass is 331 g/mol. The first kappa shape index (κ1) is 15.1. The zero-order chi connectivity index (χ0) is 17.2. The minimum atomic E-state index is 0.649. The molecule has 0 amide bonds. The van der Waals surface area contributed by atoms with E-state index in [1.807, 2.05) is 61.5 Å². The van der Waals surface area contributed by atoms with E-state index in [0.29, 0.717) is 5.82 Å². The number of aryl methyl sites for hydroxylation is 1. The Balaban J connectivity index is 1.82. The third-order valence-electron chi connectivity index (χ3n) is 3.90. The molecule has 0 fully saturated rings. The summed E-state index contributed by atoms with van der Waals surface area (Å²) in [5, 5.41) is 11.4. The molecule has 0 aliphatic carbocycles. The van der Waals surface area contributed by atoms with Gasteiger partial charge in [-0.05, 0) is 43.3 Å². The largest absolute Gasteiger partial charge is 0.497 e. The number of hydrogen-bond donors (Lipinski definition) is 2. The van der Waals surface area contributed by atoms with Crippen LogP contribution < -0.4 is 10.1 Å². The van der Waals surface area contributed by atoms with Gasteiger partial charge in [0.05, 0.1) is 12.6 Å². The van der Waals surface area contributed by atoms with Crippen molar-refractivity contribution < 1.29 is 4.74 Å². The Bertz CT molecular complexity index is 1020. The number of para-hydroxylation sites is 1. The Morgan fingerprint density at radius 3 is 2.52 bits per heavy atom. The Labute approximate surface area is 144 Å². The fourth-order valence-electron chi connectivity index (χ4n) is 2.64. The summed E-state index contributed by atoms with van der Waals surface area (Å²) in [7, 11) is 1.65. The van der Waals surface area contributed by atoms with E-state index < -0.39 is 0 Å². The molecule has 6 nitrogen and oxygen atoms in total. The van der Waals surface area contributed by atoms with Crippen molar-refractivity contribution in [2.45, 2.75) is 6.92 Å². The summed E-state index contributed by atoms with van der Waals surface area (Å²) in [5.41, 5.74) is 2.78. The van der Waals surface area contributed by atoms with E-state index in [2.05, 4.69) is 20.5 Å². The van der Waals surface area contributed by atoms with Crippen molar-refractivity contribution in [1.29, 1.82) is 0 Å². The van der Waals surface area contributed by atoms with Crippen LogP contribution in [0.4, 0.5) is 11.6 Å². The van der Waals surface area contributed by atoms with Crippen LogP contribution in [0.1, 0.15) is 5.69 Å². The van der Waals surface area contributed by atoms with Gasteiger partial charge in [0.25, 0.3) is 0 Å². The quantitative estimate of drug-likeness (QED) is 0.589. The van der Waals surface area contributed by atoms with Crippen molar-refractivity contribution in [3.63, 3.8) is 0 Å². The van der Waals surface area contributed by atoms with Gasteiger partial charge in [-0.25, -0.2) is 9.97 Å². The number of hydrogen-bond acceptors (Lipinski definition) is 5. The number of anilines is 2. The van der Waals surface area contributed by atoms with Gasteiger partial charge in [0.2, 0.25) is 0 Å². The molecule has 0 bridgehead atoms. The number of aromatic amines is 1. The number of H-pyrrole nitrogens is 1. The molecule has 0 saturated heterocycles. The summed E-state index contributed by atoms with van der Waals surface area (Å²) in [4.78, 5) is 9.40. The maximum Gasteiger partial charge on any atom is 0.162 e. The van der Waals surface area contributed by atoms with Crippen LogP contribution in [-0.2, 0) is 0 Å². The molecule has 4 aromatic rings. The second-order valence-corrected chi connectivity index (χ2v) is 5.70. The van der Waals surface area contributed by atoms with E-state index in [4.69, 9.17) is 9.72 Å². The average molecular weight is 331 g/mol. The average Bonchev–Trinajstić information content (AvgIpc) is 3.06. The number of aromatic nitrogens is 4. The van der Waals surface area contributed by atoms with Gasteiger partial charge in [-0.15, -0.1) is 0 Å². The van der Waals surface area contributed by atoms with E-state index >= 15 is 0 Å². The lowest BCUT2D eigenvalue weighted by molar-refractivity contribution is 0.415. The topological polar surface area (TPSA) is 75.7 Å². The number of ether oxygens (including phenoxy) is 1. The Morgan fingerprint density at radius 1 is 1.00 bits per heavy atom. The van der Waals surface area contributed by atoms with Gasteiger partial charge in [-0.2, -0.15) is 5.10 Å². The van der Waals surface area contributed by atoms with E-state index in [0.717, 1.165) is 39.5 Å². The molecule has 25 heavy (non-hydrogen) atoms. The Morgan fingerprint density at radius 2 is 1.80 bits per heavy atom. The first-order valence-corrected chi connectivity index (χ1v) is 7.93. The Kier molecular flexibility index (Phi) is 3.78. The van der Waals surface area contributed by atoms with Crippen LogP contribution >= 0.6 is 0 Å². The van der Waals surface area contributed by atoms with E-state index in [-0.39, 0.29) is 0 Å². The number of nitrogens with zero attached hydrogens (tertiary/aromatic N) is 3.